The molecule has 1 N–H and O–H groups in total. The first-order valence-corrected chi connectivity index (χ1v) is 7.84. The number of aromatic nitrogens is 1. The summed E-state index contributed by atoms with van der Waals surface area (Å²) in [4.78, 5) is 16.7. The minimum Gasteiger partial charge on any atom is -0.497 e. The number of anilines is 1. The zero-order valence-corrected chi connectivity index (χ0v) is 14.0. The third kappa shape index (κ3) is 3.63. The van der Waals surface area contributed by atoms with Crippen molar-refractivity contribution in [2.75, 3.05) is 19.0 Å². The van der Waals surface area contributed by atoms with Crippen molar-refractivity contribution in [1.82, 2.24) is 4.98 Å². The van der Waals surface area contributed by atoms with Crippen molar-refractivity contribution in [2.24, 2.45) is 0 Å². The summed E-state index contributed by atoms with van der Waals surface area (Å²) >= 11 is 0. The average molecular weight is 338 g/mol. The Bertz CT molecular complexity index is 856. The Morgan fingerprint density at radius 1 is 1.16 bits per heavy atom. The van der Waals surface area contributed by atoms with Crippen LogP contribution in [-0.4, -0.2) is 24.6 Å². The van der Waals surface area contributed by atoms with Crippen molar-refractivity contribution in [1.29, 1.82) is 0 Å². The topological polar surface area (TPSA) is 73.6 Å². The quantitative estimate of drug-likeness (QED) is 0.735. The van der Waals surface area contributed by atoms with Gasteiger partial charge in [0.25, 0.3) is 5.91 Å². The fraction of sp³-hybridized carbons (Fsp3) is 0.158. The lowest BCUT2D eigenvalue weighted by Crippen LogP contribution is -2.14. The molecular weight excluding hydrogens is 320 g/mol. The van der Waals surface area contributed by atoms with Gasteiger partial charge in [0.15, 0.2) is 17.8 Å². The molecule has 3 aromatic rings. The van der Waals surface area contributed by atoms with Gasteiger partial charge in [-0.05, 0) is 43.3 Å². The predicted molar refractivity (Wildman–Crippen MR) is 94.1 cm³/mol. The van der Waals surface area contributed by atoms with Crippen LogP contribution in [0.5, 0.6) is 11.5 Å². The highest BCUT2D eigenvalue weighted by Gasteiger charge is 2.19. The highest BCUT2D eigenvalue weighted by Crippen LogP contribution is 2.28. The molecule has 0 aliphatic heterocycles. The molecule has 0 saturated carbocycles. The molecule has 0 atom stereocenters. The van der Waals surface area contributed by atoms with E-state index in [-0.39, 0.29) is 11.6 Å². The molecule has 2 aromatic carbocycles. The Kier molecular flexibility index (Phi) is 4.99. The van der Waals surface area contributed by atoms with Crippen molar-refractivity contribution in [2.45, 2.75) is 6.92 Å². The van der Waals surface area contributed by atoms with Gasteiger partial charge in [0.1, 0.15) is 11.5 Å². The lowest BCUT2D eigenvalue weighted by molar-refractivity contribution is 0.102. The van der Waals surface area contributed by atoms with Gasteiger partial charge in [-0.25, -0.2) is 4.98 Å². The number of hydrogen-bond acceptors (Lipinski definition) is 5. The van der Waals surface area contributed by atoms with Crippen LogP contribution in [0.4, 0.5) is 5.69 Å². The number of rotatable bonds is 6. The van der Waals surface area contributed by atoms with Gasteiger partial charge < -0.3 is 19.2 Å². The highest BCUT2D eigenvalue weighted by atomic mass is 16.5. The van der Waals surface area contributed by atoms with Crippen LogP contribution < -0.4 is 14.8 Å². The Hall–Kier alpha value is -3.28. The van der Waals surface area contributed by atoms with Crippen LogP contribution in [0.15, 0.2) is 59.3 Å². The fourth-order valence-corrected chi connectivity index (χ4v) is 2.39. The first kappa shape index (κ1) is 16.6. The molecule has 1 aromatic heterocycles. The van der Waals surface area contributed by atoms with E-state index in [0.29, 0.717) is 23.8 Å². The van der Waals surface area contributed by atoms with E-state index < -0.39 is 0 Å². The van der Waals surface area contributed by atoms with E-state index in [9.17, 15) is 4.79 Å². The molecule has 0 fully saturated rings. The zero-order valence-electron chi connectivity index (χ0n) is 14.0. The summed E-state index contributed by atoms with van der Waals surface area (Å²) in [7, 11) is 1.60. The van der Waals surface area contributed by atoms with Gasteiger partial charge in [-0.1, -0.05) is 12.1 Å². The number of oxazole rings is 1. The Labute approximate surface area is 145 Å². The van der Waals surface area contributed by atoms with E-state index >= 15 is 0 Å². The molecule has 3 rings (SSSR count). The summed E-state index contributed by atoms with van der Waals surface area (Å²) in [5.74, 6) is 1.36. The summed E-state index contributed by atoms with van der Waals surface area (Å²) in [6.45, 7) is 2.39. The molecule has 0 saturated heterocycles. The van der Waals surface area contributed by atoms with Gasteiger partial charge in [0.05, 0.1) is 19.4 Å². The molecule has 1 heterocycles. The number of methoxy groups -OCH3 is 1. The lowest BCUT2D eigenvalue weighted by atomic mass is 10.1. The average Bonchev–Trinajstić information content (AvgIpc) is 3.13. The molecule has 0 aliphatic rings. The van der Waals surface area contributed by atoms with E-state index in [2.05, 4.69) is 10.3 Å². The lowest BCUT2D eigenvalue weighted by Gasteiger charge is -2.10. The molecule has 6 heteroatoms. The third-order valence-electron chi connectivity index (χ3n) is 3.57. The molecule has 0 aliphatic carbocycles. The molecule has 128 valence electrons. The van der Waals surface area contributed by atoms with Crippen LogP contribution >= 0.6 is 0 Å². The normalized spacial score (nSPS) is 10.3. The predicted octanol–water partition coefficient (Wildman–Crippen LogP) is 4.00. The molecular formula is C19H18N2O4. The second kappa shape index (κ2) is 7.53. The van der Waals surface area contributed by atoms with E-state index in [1.165, 1.54) is 6.39 Å². The number of carbonyl (C=O) groups excluding carboxylic acids is 1. The van der Waals surface area contributed by atoms with Crippen molar-refractivity contribution in [3.05, 3.63) is 60.6 Å². The van der Waals surface area contributed by atoms with Crippen molar-refractivity contribution >= 4 is 11.6 Å². The first-order chi connectivity index (χ1) is 12.2. The van der Waals surface area contributed by atoms with Crippen LogP contribution in [0.1, 0.15) is 17.4 Å². The van der Waals surface area contributed by atoms with Gasteiger partial charge in [-0.3, -0.25) is 4.79 Å². The minimum absolute atomic E-state index is 0.205. The largest absolute Gasteiger partial charge is 0.497 e. The maximum Gasteiger partial charge on any atom is 0.278 e. The Balaban J connectivity index is 1.85. The molecule has 0 unspecified atom stereocenters. The number of nitrogens with zero attached hydrogens (tertiary/aromatic N) is 1. The van der Waals surface area contributed by atoms with Gasteiger partial charge in [0.2, 0.25) is 0 Å². The van der Waals surface area contributed by atoms with E-state index in [0.717, 1.165) is 11.3 Å². The van der Waals surface area contributed by atoms with Crippen molar-refractivity contribution in [3.63, 3.8) is 0 Å². The van der Waals surface area contributed by atoms with Crippen LogP contribution in [0, 0.1) is 0 Å². The van der Waals surface area contributed by atoms with Crippen molar-refractivity contribution in [3.8, 4) is 22.8 Å². The molecule has 1 amide bonds. The standard InChI is InChI=1S/C19H18N2O4/c1-3-24-16-7-5-4-6-15(16)21-19(22)17-18(25-12-20-17)13-8-10-14(23-2)11-9-13/h4-12H,3H2,1-2H3,(H,21,22). The third-order valence-corrected chi connectivity index (χ3v) is 3.57. The van der Waals surface area contributed by atoms with E-state index in [4.69, 9.17) is 13.9 Å². The monoisotopic (exact) mass is 338 g/mol. The van der Waals surface area contributed by atoms with Crippen LogP contribution in [0.25, 0.3) is 11.3 Å². The number of ether oxygens (including phenoxy) is 2. The van der Waals surface area contributed by atoms with Gasteiger partial charge in [-0.15, -0.1) is 0 Å². The highest BCUT2D eigenvalue weighted by molar-refractivity contribution is 6.07. The van der Waals surface area contributed by atoms with Crippen LogP contribution in [-0.2, 0) is 0 Å². The number of nitrogens with one attached hydrogen (secondary N) is 1. The van der Waals surface area contributed by atoms with E-state index in [1.807, 2.05) is 31.2 Å². The van der Waals surface area contributed by atoms with Gasteiger partial charge >= 0.3 is 0 Å². The zero-order chi connectivity index (χ0) is 17.6. The second-order valence-electron chi connectivity index (χ2n) is 5.14. The van der Waals surface area contributed by atoms with Gasteiger partial charge in [-0.2, -0.15) is 0 Å². The first-order valence-electron chi connectivity index (χ1n) is 7.84. The number of benzene rings is 2. The van der Waals surface area contributed by atoms with E-state index in [1.54, 1.807) is 31.4 Å². The minimum atomic E-state index is -0.369. The summed E-state index contributed by atoms with van der Waals surface area (Å²) in [6.07, 6.45) is 1.25. The SMILES string of the molecule is CCOc1ccccc1NC(=O)c1ncoc1-c1ccc(OC)cc1. The summed E-state index contributed by atoms with van der Waals surface area (Å²) in [6, 6.07) is 14.5. The number of carbonyl (C=O) groups is 1. The number of para-hydroxylation sites is 2. The Morgan fingerprint density at radius 2 is 1.92 bits per heavy atom. The molecule has 25 heavy (non-hydrogen) atoms. The maximum atomic E-state index is 12.6. The van der Waals surface area contributed by atoms with Gasteiger partial charge in [0, 0.05) is 5.56 Å². The number of amides is 1. The summed E-state index contributed by atoms with van der Waals surface area (Å²) < 4.78 is 16.1. The smallest absolute Gasteiger partial charge is 0.278 e. The fourth-order valence-electron chi connectivity index (χ4n) is 2.39. The summed E-state index contributed by atoms with van der Waals surface area (Å²) in [5.41, 5.74) is 1.52. The summed E-state index contributed by atoms with van der Waals surface area (Å²) in [5, 5.41) is 2.82. The molecule has 6 nitrogen and oxygen atoms in total. The molecule has 0 spiro atoms. The van der Waals surface area contributed by atoms with Crippen molar-refractivity contribution < 1.29 is 18.7 Å². The molecule has 0 radical (unpaired) electrons. The molecule has 0 bridgehead atoms. The van der Waals surface area contributed by atoms with Crippen LogP contribution in [0.2, 0.25) is 0 Å². The second-order valence-corrected chi connectivity index (χ2v) is 5.14. The number of hydrogen-bond donors (Lipinski definition) is 1. The van der Waals surface area contributed by atoms with Crippen LogP contribution in [0.3, 0.4) is 0 Å². The Morgan fingerprint density at radius 3 is 2.64 bits per heavy atom. The maximum absolute atomic E-state index is 12.6.